The first-order valence-corrected chi connectivity index (χ1v) is 12.5. The van der Waals surface area contributed by atoms with Gasteiger partial charge in [0, 0.05) is 39.3 Å². The zero-order valence-electron chi connectivity index (χ0n) is 22.2. The van der Waals surface area contributed by atoms with Crippen molar-refractivity contribution in [2.24, 2.45) is 0 Å². The van der Waals surface area contributed by atoms with Gasteiger partial charge in [-0.05, 0) is 31.5 Å². The highest BCUT2D eigenvalue weighted by atomic mass is 19.4. The Kier molecular flexibility index (Phi) is 12.0. The van der Waals surface area contributed by atoms with Crippen molar-refractivity contribution in [2.45, 2.75) is 32.9 Å². The minimum absolute atomic E-state index is 0.0598. The van der Waals surface area contributed by atoms with Crippen LogP contribution in [0.15, 0.2) is 36.5 Å². The lowest BCUT2D eigenvalue weighted by molar-refractivity contribution is -0.192. The van der Waals surface area contributed by atoms with Crippen molar-refractivity contribution in [2.75, 3.05) is 56.6 Å². The number of piperazine rings is 1. The number of aromatic nitrogens is 1. The number of hydrogen-bond acceptors (Lipinski definition) is 7. The molecule has 1 aromatic heterocycles. The van der Waals surface area contributed by atoms with E-state index in [0.29, 0.717) is 41.5 Å². The van der Waals surface area contributed by atoms with E-state index >= 15 is 0 Å². The van der Waals surface area contributed by atoms with Gasteiger partial charge in [0.1, 0.15) is 11.6 Å². The number of benzene rings is 1. The number of hydrogen-bond donors (Lipinski definition) is 3. The van der Waals surface area contributed by atoms with Crippen LogP contribution in [0.5, 0.6) is 5.75 Å². The average molecular weight is 554 g/mol. The number of carbonyl (C=O) groups is 3. The number of halogens is 3. The van der Waals surface area contributed by atoms with Crippen LogP contribution in [-0.2, 0) is 4.79 Å². The summed E-state index contributed by atoms with van der Waals surface area (Å²) in [7, 11) is 1.53. The normalized spacial score (nSPS) is 13.1. The molecular formula is C26H34F3N5O5. The molecule has 0 spiro atoms. The maximum atomic E-state index is 13.5. The molecule has 2 amide bonds. The SMILES string of the molecule is CCCCN(CC)C(=O)c1cc(NC(=O)c2ccccc2OC)cnc1N1CCNCC1.O=C(O)C(F)(F)F. The summed E-state index contributed by atoms with van der Waals surface area (Å²) in [6.07, 6.45) is -1.51. The molecule has 0 aliphatic carbocycles. The van der Waals surface area contributed by atoms with E-state index < -0.39 is 12.1 Å². The van der Waals surface area contributed by atoms with Gasteiger partial charge in [0.25, 0.3) is 11.8 Å². The molecule has 3 rings (SSSR count). The number of carboxylic acid groups (broad SMARTS) is 1. The summed E-state index contributed by atoms with van der Waals surface area (Å²) in [5.74, 6) is -1.97. The molecule has 214 valence electrons. The predicted octanol–water partition coefficient (Wildman–Crippen LogP) is 3.65. The fraction of sp³-hybridized carbons (Fsp3) is 0.462. The molecule has 39 heavy (non-hydrogen) atoms. The number of ether oxygens (including phenoxy) is 1. The molecule has 13 heteroatoms. The first-order chi connectivity index (χ1) is 18.5. The van der Waals surface area contributed by atoms with Gasteiger partial charge in [0.15, 0.2) is 0 Å². The van der Waals surface area contributed by atoms with Crippen LogP contribution in [-0.4, -0.2) is 85.3 Å². The highest BCUT2D eigenvalue weighted by Crippen LogP contribution is 2.25. The third-order valence-electron chi connectivity index (χ3n) is 5.82. The summed E-state index contributed by atoms with van der Waals surface area (Å²) >= 11 is 0. The van der Waals surface area contributed by atoms with Gasteiger partial charge < -0.3 is 30.3 Å². The zero-order chi connectivity index (χ0) is 29.0. The smallest absolute Gasteiger partial charge is 0.490 e. The molecule has 0 radical (unpaired) electrons. The number of methoxy groups -OCH3 is 1. The van der Waals surface area contributed by atoms with Gasteiger partial charge in [-0.2, -0.15) is 13.2 Å². The highest BCUT2D eigenvalue weighted by molar-refractivity contribution is 6.07. The van der Waals surface area contributed by atoms with Crippen molar-refractivity contribution in [3.8, 4) is 5.75 Å². The van der Waals surface area contributed by atoms with Crippen LogP contribution in [0.3, 0.4) is 0 Å². The summed E-state index contributed by atoms with van der Waals surface area (Å²) in [4.78, 5) is 43.8. The lowest BCUT2D eigenvalue weighted by Gasteiger charge is -2.31. The van der Waals surface area contributed by atoms with Crippen LogP contribution < -0.4 is 20.3 Å². The van der Waals surface area contributed by atoms with Gasteiger partial charge in [-0.15, -0.1) is 0 Å². The number of unbranched alkanes of at least 4 members (excludes halogenated alkanes) is 1. The molecule has 1 saturated heterocycles. The van der Waals surface area contributed by atoms with E-state index in [4.69, 9.17) is 14.6 Å². The molecule has 1 aliphatic heterocycles. The Bertz CT molecular complexity index is 1120. The fourth-order valence-corrected chi connectivity index (χ4v) is 3.77. The largest absolute Gasteiger partial charge is 0.496 e. The van der Waals surface area contributed by atoms with Gasteiger partial charge >= 0.3 is 12.1 Å². The van der Waals surface area contributed by atoms with E-state index in [1.165, 1.54) is 7.11 Å². The number of para-hydroxylation sites is 1. The number of amides is 2. The van der Waals surface area contributed by atoms with E-state index in [0.717, 1.165) is 39.0 Å². The molecule has 1 fully saturated rings. The van der Waals surface area contributed by atoms with Crippen LogP contribution >= 0.6 is 0 Å². The molecule has 0 unspecified atom stereocenters. The summed E-state index contributed by atoms with van der Waals surface area (Å²) < 4.78 is 37.0. The Morgan fingerprint density at radius 2 is 1.79 bits per heavy atom. The summed E-state index contributed by atoms with van der Waals surface area (Å²) in [5, 5.41) is 13.3. The average Bonchev–Trinajstić information content (AvgIpc) is 2.93. The predicted molar refractivity (Wildman–Crippen MR) is 140 cm³/mol. The fourth-order valence-electron chi connectivity index (χ4n) is 3.77. The van der Waals surface area contributed by atoms with Gasteiger partial charge in [0.05, 0.1) is 30.1 Å². The Morgan fingerprint density at radius 3 is 2.36 bits per heavy atom. The maximum absolute atomic E-state index is 13.5. The van der Waals surface area contributed by atoms with Crippen molar-refractivity contribution in [3.05, 3.63) is 47.7 Å². The number of aliphatic carboxylic acids is 1. The van der Waals surface area contributed by atoms with Crippen LogP contribution in [0.1, 0.15) is 47.4 Å². The molecular weight excluding hydrogens is 519 g/mol. The Morgan fingerprint density at radius 1 is 1.15 bits per heavy atom. The molecule has 3 N–H and O–H groups in total. The summed E-state index contributed by atoms with van der Waals surface area (Å²) in [5.41, 5.74) is 1.42. The zero-order valence-corrected chi connectivity index (χ0v) is 22.2. The van der Waals surface area contributed by atoms with Crippen LogP contribution in [0.25, 0.3) is 0 Å². The van der Waals surface area contributed by atoms with Crippen LogP contribution in [0.2, 0.25) is 0 Å². The molecule has 0 atom stereocenters. The number of rotatable bonds is 9. The van der Waals surface area contributed by atoms with Gasteiger partial charge in [-0.3, -0.25) is 9.59 Å². The lowest BCUT2D eigenvalue weighted by atomic mass is 10.1. The number of carbonyl (C=O) groups excluding carboxylic acids is 2. The lowest BCUT2D eigenvalue weighted by Crippen LogP contribution is -2.45. The van der Waals surface area contributed by atoms with E-state index in [2.05, 4.69) is 27.4 Å². The molecule has 0 bridgehead atoms. The van der Waals surface area contributed by atoms with Crippen LogP contribution in [0, 0.1) is 0 Å². The quantitative estimate of drug-likeness (QED) is 0.430. The van der Waals surface area contributed by atoms with Crippen molar-refractivity contribution >= 4 is 29.3 Å². The Balaban J connectivity index is 0.000000673. The summed E-state index contributed by atoms with van der Waals surface area (Å²) in [6, 6.07) is 8.78. The van der Waals surface area contributed by atoms with Crippen LogP contribution in [0.4, 0.5) is 24.7 Å². The summed E-state index contributed by atoms with van der Waals surface area (Å²) in [6.45, 7) is 8.66. The van der Waals surface area contributed by atoms with Crippen molar-refractivity contribution in [1.82, 2.24) is 15.2 Å². The monoisotopic (exact) mass is 553 g/mol. The number of nitrogens with zero attached hydrogens (tertiary/aromatic N) is 3. The standard InChI is InChI=1S/C24H33N5O3.C2HF3O2/c1-4-6-13-28(5-2)24(31)20-16-18(17-26-22(20)29-14-11-25-12-15-29)27-23(30)19-9-7-8-10-21(19)32-3;3-2(4,5)1(6)7/h7-10,16-17,25H,4-6,11-15H2,1-3H3,(H,27,30);(H,6,7). The Labute approximate surface area is 225 Å². The van der Waals surface area contributed by atoms with E-state index in [1.54, 1.807) is 30.5 Å². The molecule has 2 heterocycles. The molecule has 2 aromatic rings. The second-order valence-electron chi connectivity index (χ2n) is 8.53. The third-order valence-corrected chi connectivity index (χ3v) is 5.82. The second kappa shape index (κ2) is 14.9. The topological polar surface area (TPSA) is 124 Å². The first kappa shape index (κ1) is 31.3. The highest BCUT2D eigenvalue weighted by Gasteiger charge is 2.38. The number of pyridine rings is 1. The second-order valence-corrected chi connectivity index (χ2v) is 8.53. The molecule has 10 nitrogen and oxygen atoms in total. The van der Waals surface area contributed by atoms with Gasteiger partial charge in [-0.1, -0.05) is 25.5 Å². The van der Waals surface area contributed by atoms with Gasteiger partial charge in [-0.25, -0.2) is 9.78 Å². The van der Waals surface area contributed by atoms with Gasteiger partial charge in [0.2, 0.25) is 0 Å². The van der Waals surface area contributed by atoms with E-state index in [-0.39, 0.29) is 11.8 Å². The Hall–Kier alpha value is -3.87. The molecule has 0 saturated carbocycles. The molecule has 1 aliphatic rings. The minimum atomic E-state index is -5.08. The minimum Gasteiger partial charge on any atom is -0.496 e. The van der Waals surface area contributed by atoms with E-state index in [9.17, 15) is 22.8 Å². The number of carboxylic acids is 1. The number of anilines is 2. The van der Waals surface area contributed by atoms with E-state index in [1.807, 2.05) is 17.9 Å². The molecule has 1 aromatic carbocycles. The maximum Gasteiger partial charge on any atom is 0.490 e. The third kappa shape index (κ3) is 9.13. The number of alkyl halides is 3. The van der Waals surface area contributed by atoms with Crippen molar-refractivity contribution in [1.29, 1.82) is 0 Å². The first-order valence-electron chi connectivity index (χ1n) is 12.5. The van der Waals surface area contributed by atoms with Crippen molar-refractivity contribution in [3.63, 3.8) is 0 Å². The number of nitrogens with one attached hydrogen (secondary N) is 2. The van der Waals surface area contributed by atoms with Crippen molar-refractivity contribution < 1.29 is 37.4 Å².